The Hall–Kier alpha value is -2.63. The second-order valence-corrected chi connectivity index (χ2v) is 7.23. The fourth-order valence-electron chi connectivity index (χ4n) is 2.78. The molecule has 0 aliphatic rings. The van der Waals surface area contributed by atoms with Crippen molar-refractivity contribution < 1.29 is 14.3 Å². The highest BCUT2D eigenvalue weighted by Crippen LogP contribution is 2.29. The van der Waals surface area contributed by atoms with Gasteiger partial charge in [0.15, 0.2) is 5.82 Å². The summed E-state index contributed by atoms with van der Waals surface area (Å²) in [4.78, 5) is 31.1. The molecule has 0 bridgehead atoms. The van der Waals surface area contributed by atoms with Gasteiger partial charge in [-0.05, 0) is 52.7 Å². The second-order valence-electron chi connectivity index (χ2n) is 7.23. The van der Waals surface area contributed by atoms with E-state index in [2.05, 4.69) is 4.98 Å². The van der Waals surface area contributed by atoms with Gasteiger partial charge in [0, 0.05) is 19.4 Å². The molecule has 6 nitrogen and oxygen atoms in total. The van der Waals surface area contributed by atoms with Crippen LogP contribution in [0.2, 0.25) is 0 Å². The van der Waals surface area contributed by atoms with E-state index in [0.717, 1.165) is 21.6 Å². The van der Waals surface area contributed by atoms with Gasteiger partial charge in [0.2, 0.25) is 0 Å². The van der Waals surface area contributed by atoms with Crippen LogP contribution in [-0.2, 0) is 11.8 Å². The molecule has 0 atom stereocenters. The minimum Gasteiger partial charge on any atom is -0.443 e. The number of anilines is 1. The van der Waals surface area contributed by atoms with Crippen molar-refractivity contribution in [2.75, 3.05) is 4.90 Å². The summed E-state index contributed by atoms with van der Waals surface area (Å²) in [5.74, 6) is -0.345. The number of nitrogens with zero attached hydrogens (tertiary/aromatic N) is 3. The van der Waals surface area contributed by atoms with Gasteiger partial charge in [-0.3, -0.25) is 4.79 Å². The van der Waals surface area contributed by atoms with E-state index >= 15 is 0 Å². The Labute approximate surface area is 148 Å². The van der Waals surface area contributed by atoms with E-state index in [4.69, 9.17) is 4.74 Å². The molecule has 6 heteroatoms. The highest BCUT2D eigenvalue weighted by molar-refractivity contribution is 6.18. The molecule has 0 aliphatic heterocycles. The third-order valence-electron chi connectivity index (χ3n) is 3.65. The molecule has 1 aromatic heterocycles. The summed E-state index contributed by atoms with van der Waals surface area (Å²) in [6, 6.07) is 3.87. The molecule has 1 aromatic carbocycles. The van der Waals surface area contributed by atoms with Crippen molar-refractivity contribution in [3.05, 3.63) is 47.0 Å². The fraction of sp³-hybridized carbons (Fsp3) is 0.421. The van der Waals surface area contributed by atoms with E-state index in [0.29, 0.717) is 5.69 Å². The van der Waals surface area contributed by atoms with Crippen molar-refractivity contribution in [2.24, 2.45) is 7.05 Å². The summed E-state index contributed by atoms with van der Waals surface area (Å²) in [5, 5.41) is 0. The van der Waals surface area contributed by atoms with Crippen LogP contribution in [0.5, 0.6) is 0 Å². The van der Waals surface area contributed by atoms with Crippen LogP contribution in [0.15, 0.2) is 24.5 Å². The smallest absolute Gasteiger partial charge is 0.422 e. The number of aryl methyl sites for hydroxylation is 4. The normalized spacial score (nSPS) is 11.3. The lowest BCUT2D eigenvalue weighted by molar-refractivity contribution is 0.0562. The molecule has 2 rings (SSSR count). The Kier molecular flexibility index (Phi) is 5.02. The highest BCUT2D eigenvalue weighted by atomic mass is 16.6. The fourth-order valence-corrected chi connectivity index (χ4v) is 2.78. The van der Waals surface area contributed by atoms with Crippen molar-refractivity contribution in [1.82, 2.24) is 9.55 Å². The average Bonchev–Trinajstić information content (AvgIpc) is 2.86. The number of amides is 2. The molecule has 0 saturated carbocycles. The van der Waals surface area contributed by atoms with Gasteiger partial charge in [0.1, 0.15) is 5.60 Å². The zero-order valence-electron chi connectivity index (χ0n) is 15.9. The number of hydrogen-bond donors (Lipinski definition) is 0. The van der Waals surface area contributed by atoms with Crippen LogP contribution in [0.1, 0.15) is 48.1 Å². The Bertz CT molecular complexity index is 793. The van der Waals surface area contributed by atoms with Crippen LogP contribution in [0.3, 0.4) is 0 Å². The first-order chi connectivity index (χ1) is 11.5. The van der Waals surface area contributed by atoms with Crippen molar-refractivity contribution in [2.45, 2.75) is 47.1 Å². The number of ether oxygens (including phenoxy) is 1. The maximum Gasteiger partial charge on any atom is 0.422 e. The van der Waals surface area contributed by atoms with Crippen LogP contribution in [0.25, 0.3) is 0 Å². The van der Waals surface area contributed by atoms with Gasteiger partial charge in [-0.2, -0.15) is 0 Å². The maximum absolute atomic E-state index is 13.1. The molecule has 0 N–H and O–H groups in total. The third-order valence-corrected chi connectivity index (χ3v) is 3.65. The number of aromatic nitrogens is 2. The summed E-state index contributed by atoms with van der Waals surface area (Å²) in [5.41, 5.74) is 2.53. The summed E-state index contributed by atoms with van der Waals surface area (Å²) in [7, 11) is 1.71. The van der Waals surface area contributed by atoms with E-state index in [1.165, 1.54) is 6.20 Å². The van der Waals surface area contributed by atoms with Crippen LogP contribution in [0.4, 0.5) is 10.5 Å². The first kappa shape index (κ1) is 18.7. The minimum absolute atomic E-state index is 0.172. The summed E-state index contributed by atoms with van der Waals surface area (Å²) < 4.78 is 7.06. The Morgan fingerprint density at radius 3 is 2.12 bits per heavy atom. The van der Waals surface area contributed by atoms with Crippen molar-refractivity contribution >= 4 is 17.7 Å². The second kappa shape index (κ2) is 6.70. The average molecular weight is 343 g/mol. The van der Waals surface area contributed by atoms with Gasteiger partial charge in [-0.15, -0.1) is 0 Å². The Balaban J connectivity index is 2.59. The minimum atomic E-state index is -0.718. The van der Waals surface area contributed by atoms with Crippen molar-refractivity contribution in [1.29, 1.82) is 0 Å². The van der Waals surface area contributed by atoms with Gasteiger partial charge < -0.3 is 9.30 Å². The standard InChI is InChI=1S/C19H25N3O3/c1-12-10-13(2)15(14(3)11-12)22(18(24)25-19(4,5)6)17(23)16-20-8-9-21(16)7/h8-11H,1-7H3. The molecule has 25 heavy (non-hydrogen) atoms. The van der Waals surface area contributed by atoms with Crippen LogP contribution < -0.4 is 4.90 Å². The molecule has 134 valence electrons. The molecular formula is C19H25N3O3. The summed E-state index contributed by atoms with van der Waals surface area (Å²) >= 11 is 0. The Morgan fingerprint density at radius 1 is 1.12 bits per heavy atom. The summed E-state index contributed by atoms with van der Waals surface area (Å²) in [6.45, 7) is 11.0. The van der Waals surface area contributed by atoms with Crippen LogP contribution in [0, 0.1) is 20.8 Å². The maximum atomic E-state index is 13.1. The predicted molar refractivity (Wildman–Crippen MR) is 96.9 cm³/mol. The van der Waals surface area contributed by atoms with Crippen molar-refractivity contribution in [3.63, 3.8) is 0 Å². The van der Waals surface area contributed by atoms with E-state index in [-0.39, 0.29) is 5.82 Å². The lowest BCUT2D eigenvalue weighted by atomic mass is 10.0. The van der Waals surface area contributed by atoms with Crippen LogP contribution >= 0.6 is 0 Å². The number of benzene rings is 1. The zero-order chi connectivity index (χ0) is 18.9. The SMILES string of the molecule is Cc1cc(C)c(N(C(=O)OC(C)(C)C)C(=O)c2nccn2C)c(C)c1. The van der Waals surface area contributed by atoms with Gasteiger partial charge in [0.05, 0.1) is 5.69 Å². The van der Waals surface area contributed by atoms with Gasteiger partial charge in [-0.25, -0.2) is 14.7 Å². The number of rotatable bonds is 2. The van der Waals surface area contributed by atoms with E-state index in [1.807, 2.05) is 32.9 Å². The van der Waals surface area contributed by atoms with E-state index in [1.54, 1.807) is 38.6 Å². The largest absolute Gasteiger partial charge is 0.443 e. The number of carbonyl (C=O) groups excluding carboxylic acids is 2. The molecule has 2 amide bonds. The Morgan fingerprint density at radius 2 is 1.68 bits per heavy atom. The highest BCUT2D eigenvalue weighted by Gasteiger charge is 2.33. The number of imidazole rings is 1. The van der Waals surface area contributed by atoms with Crippen molar-refractivity contribution in [3.8, 4) is 0 Å². The third kappa shape index (κ3) is 4.07. The first-order valence-electron chi connectivity index (χ1n) is 8.14. The lowest BCUT2D eigenvalue weighted by Gasteiger charge is -2.28. The van der Waals surface area contributed by atoms with Crippen LogP contribution in [-0.4, -0.2) is 27.2 Å². The molecule has 0 radical (unpaired) electrons. The molecule has 2 aromatic rings. The molecule has 0 saturated heterocycles. The van der Waals surface area contributed by atoms with Gasteiger partial charge >= 0.3 is 12.0 Å². The molecule has 1 heterocycles. The molecule has 0 aliphatic carbocycles. The quantitative estimate of drug-likeness (QED) is 0.829. The molecular weight excluding hydrogens is 318 g/mol. The van der Waals surface area contributed by atoms with E-state index in [9.17, 15) is 9.59 Å². The predicted octanol–water partition coefficient (Wildman–Crippen LogP) is 3.93. The van der Waals surface area contributed by atoms with E-state index < -0.39 is 17.6 Å². The molecule has 0 fully saturated rings. The monoisotopic (exact) mass is 343 g/mol. The molecule has 0 spiro atoms. The van der Waals surface area contributed by atoms with Gasteiger partial charge in [0.25, 0.3) is 0 Å². The first-order valence-corrected chi connectivity index (χ1v) is 8.14. The number of hydrogen-bond acceptors (Lipinski definition) is 4. The number of imide groups is 1. The summed E-state index contributed by atoms with van der Waals surface area (Å²) in [6.07, 6.45) is 2.47. The lowest BCUT2D eigenvalue weighted by Crippen LogP contribution is -2.42. The number of carbonyl (C=O) groups is 2. The molecule has 0 unspecified atom stereocenters. The van der Waals surface area contributed by atoms with Gasteiger partial charge in [-0.1, -0.05) is 17.7 Å². The zero-order valence-corrected chi connectivity index (χ0v) is 15.9. The topological polar surface area (TPSA) is 64.4 Å².